The summed E-state index contributed by atoms with van der Waals surface area (Å²) in [6, 6.07) is 9.92. The number of ether oxygens (including phenoxy) is 1. The number of nitrogens with zero attached hydrogens (tertiary/aromatic N) is 3. The second-order valence-corrected chi connectivity index (χ2v) is 11.4. The number of benzene rings is 2. The highest BCUT2D eigenvalue weighted by Gasteiger charge is 2.22. The van der Waals surface area contributed by atoms with Crippen LogP contribution in [0.3, 0.4) is 0 Å². The molecule has 1 amide bonds. The highest BCUT2D eigenvalue weighted by Crippen LogP contribution is 2.41. The number of nitrogens with two attached hydrogens (primary N) is 1. The van der Waals surface area contributed by atoms with Gasteiger partial charge in [0.15, 0.2) is 5.82 Å². The average Bonchev–Trinajstić information content (AvgIpc) is 3.29. The van der Waals surface area contributed by atoms with Crippen LogP contribution < -0.4 is 15.6 Å². The van der Waals surface area contributed by atoms with Crippen molar-refractivity contribution in [2.45, 2.75) is 39.2 Å². The lowest BCUT2D eigenvalue weighted by Gasteiger charge is -2.16. The van der Waals surface area contributed by atoms with Crippen molar-refractivity contribution >= 4 is 64.1 Å². The number of rotatable bonds is 14. The number of nitrogens with one attached hydrogen (secondary N) is 1. The van der Waals surface area contributed by atoms with Crippen molar-refractivity contribution in [3.05, 3.63) is 53.3 Å². The predicted molar refractivity (Wildman–Crippen MR) is 164 cm³/mol. The Morgan fingerprint density at radius 3 is 2.68 bits per heavy atom. The van der Waals surface area contributed by atoms with E-state index in [1.807, 2.05) is 45.4 Å². The number of imidazole rings is 1. The van der Waals surface area contributed by atoms with Crippen molar-refractivity contribution < 1.29 is 33.5 Å². The zero-order valence-corrected chi connectivity index (χ0v) is 25.6. The minimum atomic E-state index is -4.85. The molecule has 0 saturated heterocycles. The molecular formula is C27H33IN5O7P. The molecule has 220 valence electrons. The third kappa shape index (κ3) is 8.07. The number of carbonyl (C=O) groups excluding carboxylic acids is 1. The number of phenolic OH excluding ortho intramolecular Hbond substituents is 1. The van der Waals surface area contributed by atoms with Gasteiger partial charge in [0.05, 0.1) is 35.2 Å². The Kier molecular flexibility index (Phi) is 10.4. The van der Waals surface area contributed by atoms with Crippen LogP contribution in [0.2, 0.25) is 0 Å². The molecule has 0 bridgehead atoms. The summed E-state index contributed by atoms with van der Waals surface area (Å²) < 4.78 is 24.6. The van der Waals surface area contributed by atoms with E-state index in [1.165, 1.54) is 18.2 Å². The molecule has 0 aliphatic carbocycles. The highest BCUT2D eigenvalue weighted by molar-refractivity contribution is 14.1. The number of pyridine rings is 1. The van der Waals surface area contributed by atoms with E-state index in [2.05, 4.69) is 17.2 Å². The number of amides is 1. The Labute approximate surface area is 250 Å². The first kappa shape index (κ1) is 31.0. The van der Waals surface area contributed by atoms with Gasteiger partial charge in [0.1, 0.15) is 22.8 Å². The zero-order valence-electron chi connectivity index (χ0n) is 22.5. The molecule has 0 aliphatic rings. The first-order valence-corrected chi connectivity index (χ1v) is 16.2. The molecule has 0 spiro atoms. The second-order valence-electron chi connectivity index (χ2n) is 9.48. The van der Waals surface area contributed by atoms with E-state index in [0.29, 0.717) is 53.6 Å². The fourth-order valence-electron chi connectivity index (χ4n) is 4.53. The maximum absolute atomic E-state index is 11.6. The van der Waals surface area contributed by atoms with Crippen molar-refractivity contribution in [2.75, 3.05) is 29.9 Å². The van der Waals surface area contributed by atoms with E-state index in [1.54, 1.807) is 0 Å². The van der Waals surface area contributed by atoms with Crippen molar-refractivity contribution in [1.82, 2.24) is 19.9 Å². The summed E-state index contributed by atoms with van der Waals surface area (Å²) in [5, 5.41) is 13.8. The number of anilines is 1. The number of aryl methyl sites for hydroxylation is 1. The van der Waals surface area contributed by atoms with Crippen LogP contribution in [0, 0.1) is 0 Å². The first-order valence-electron chi connectivity index (χ1n) is 13.1. The summed E-state index contributed by atoms with van der Waals surface area (Å²) in [4.78, 5) is 39.7. The van der Waals surface area contributed by atoms with E-state index in [0.717, 1.165) is 35.1 Å². The van der Waals surface area contributed by atoms with Crippen LogP contribution in [-0.2, 0) is 33.5 Å². The number of phosphoric ester groups is 1. The number of aromatic nitrogens is 3. The van der Waals surface area contributed by atoms with Gasteiger partial charge in [-0.2, -0.15) is 0 Å². The van der Waals surface area contributed by atoms with E-state index in [9.17, 15) is 24.3 Å². The van der Waals surface area contributed by atoms with Gasteiger partial charge in [-0.25, -0.2) is 14.5 Å². The van der Waals surface area contributed by atoms with Crippen LogP contribution in [0.4, 0.5) is 5.82 Å². The van der Waals surface area contributed by atoms with Crippen LogP contribution in [0.25, 0.3) is 21.9 Å². The number of nitrogen functional groups attached to an aromatic ring is 1. The van der Waals surface area contributed by atoms with Crippen molar-refractivity contribution in [2.24, 2.45) is 0 Å². The molecule has 0 atom stereocenters. The molecule has 0 unspecified atom stereocenters. The van der Waals surface area contributed by atoms with E-state index in [-0.39, 0.29) is 29.8 Å². The van der Waals surface area contributed by atoms with Gasteiger partial charge in [0, 0.05) is 23.9 Å². The monoisotopic (exact) mass is 697 g/mol. The summed E-state index contributed by atoms with van der Waals surface area (Å²) in [5.74, 6) is 0.866. The number of phosphoric acid groups is 1. The van der Waals surface area contributed by atoms with E-state index in [4.69, 9.17) is 20.0 Å². The number of carbonyl (C=O) groups is 1. The number of halogens is 1. The van der Waals surface area contributed by atoms with Gasteiger partial charge in [-0.1, -0.05) is 42.0 Å². The minimum Gasteiger partial charge on any atom is -0.508 e. The average molecular weight is 697 g/mol. The molecule has 0 saturated carbocycles. The largest absolute Gasteiger partial charge is 0.524 e. The molecule has 12 nitrogen and oxygen atoms in total. The van der Waals surface area contributed by atoms with Crippen LogP contribution in [-0.4, -0.2) is 59.5 Å². The minimum absolute atomic E-state index is 0.0273. The number of phenols is 1. The normalized spacial score (nSPS) is 11.8. The number of hydrogen-bond acceptors (Lipinski definition) is 8. The van der Waals surface area contributed by atoms with Crippen molar-refractivity contribution in [3.8, 4) is 11.5 Å². The lowest BCUT2D eigenvalue weighted by atomic mass is 10.1. The molecule has 2 aromatic carbocycles. The molecular weight excluding hydrogens is 664 g/mol. The topological polar surface area (TPSA) is 182 Å². The Morgan fingerprint density at radius 2 is 1.95 bits per heavy atom. The third-order valence-electron chi connectivity index (χ3n) is 6.42. The molecule has 0 aliphatic heterocycles. The Bertz CT molecular complexity index is 1590. The van der Waals surface area contributed by atoms with Crippen LogP contribution >= 0.6 is 30.4 Å². The molecule has 4 rings (SSSR count). The van der Waals surface area contributed by atoms with E-state index < -0.39 is 7.82 Å². The summed E-state index contributed by atoms with van der Waals surface area (Å²) in [6.45, 7) is 3.52. The molecule has 0 fully saturated rings. The SMILES string of the molecule is CCCCc1nc2c(N)nc3ccc(CCOCCNC(=O)CI)cc3c2n1Cc1cc(O)ccc1OP(=O)(O)O. The molecule has 14 heteroatoms. The van der Waals surface area contributed by atoms with Gasteiger partial charge in [0.25, 0.3) is 0 Å². The number of unbranched alkanes of at least 4 members (excludes halogenated alkanes) is 1. The maximum Gasteiger partial charge on any atom is 0.524 e. The summed E-state index contributed by atoms with van der Waals surface area (Å²) >= 11 is 2.01. The predicted octanol–water partition coefficient (Wildman–Crippen LogP) is 3.85. The van der Waals surface area contributed by atoms with Crippen molar-refractivity contribution in [3.63, 3.8) is 0 Å². The van der Waals surface area contributed by atoms with Gasteiger partial charge >= 0.3 is 7.82 Å². The third-order valence-corrected chi connectivity index (χ3v) is 7.54. The first-order chi connectivity index (χ1) is 19.6. The molecule has 41 heavy (non-hydrogen) atoms. The lowest BCUT2D eigenvalue weighted by Crippen LogP contribution is -2.28. The summed E-state index contributed by atoms with van der Waals surface area (Å²) in [6.07, 6.45) is 3.07. The Balaban J connectivity index is 1.73. The van der Waals surface area contributed by atoms with Gasteiger partial charge in [-0.15, -0.1) is 0 Å². The highest BCUT2D eigenvalue weighted by atomic mass is 127. The van der Waals surface area contributed by atoms with Gasteiger partial charge < -0.3 is 30.0 Å². The smallest absolute Gasteiger partial charge is 0.508 e. The number of fused-ring (bicyclic) bond motifs is 3. The molecule has 2 heterocycles. The molecule has 0 radical (unpaired) electrons. The van der Waals surface area contributed by atoms with Crippen LogP contribution in [0.5, 0.6) is 11.5 Å². The summed E-state index contributed by atoms with van der Waals surface area (Å²) in [7, 11) is -4.85. The quantitative estimate of drug-likeness (QED) is 0.0562. The van der Waals surface area contributed by atoms with Crippen LogP contribution in [0.15, 0.2) is 36.4 Å². The number of aromatic hydroxyl groups is 1. The fraction of sp³-hybridized carbons (Fsp3) is 0.370. The number of hydrogen-bond donors (Lipinski definition) is 5. The second kappa shape index (κ2) is 13.8. The van der Waals surface area contributed by atoms with Gasteiger partial charge in [0.2, 0.25) is 5.91 Å². The molecule has 2 aromatic heterocycles. The van der Waals surface area contributed by atoms with E-state index >= 15 is 0 Å². The number of alkyl halides is 1. The molecule has 6 N–H and O–H groups in total. The van der Waals surface area contributed by atoms with Crippen molar-refractivity contribution in [1.29, 1.82) is 0 Å². The zero-order chi connectivity index (χ0) is 29.6. The molecule has 4 aromatic rings. The standard InChI is InChI=1S/C27H33IN5O7P/c1-2-3-4-23-32-25-26(33(23)16-18-14-19(34)6-8-22(18)40-41(36,37)38)20-13-17(5-7-21(20)31-27(25)29)9-11-39-12-10-30-24(35)15-28/h5-8,13-14,34H,2-4,9-12,15-16H2,1H3,(H2,29,31)(H,30,35)(H2,36,37,38). The Hall–Kier alpha value is -2.97. The van der Waals surface area contributed by atoms with Gasteiger partial charge in [-0.3, -0.25) is 14.6 Å². The maximum atomic E-state index is 11.6. The van der Waals surface area contributed by atoms with Crippen LogP contribution in [0.1, 0.15) is 36.7 Å². The van der Waals surface area contributed by atoms with Gasteiger partial charge in [-0.05, 0) is 48.7 Å². The fourth-order valence-corrected chi connectivity index (χ4v) is 5.24. The summed E-state index contributed by atoms with van der Waals surface area (Å²) in [5.41, 5.74) is 9.66. The lowest BCUT2D eigenvalue weighted by molar-refractivity contribution is -0.118. The Morgan fingerprint density at radius 1 is 1.15 bits per heavy atom.